The first-order valence-electron chi connectivity index (χ1n) is 16.9. The van der Waals surface area contributed by atoms with E-state index in [-0.39, 0.29) is 22.1 Å². The minimum absolute atomic E-state index is 0.0717. The Balaban J connectivity index is 1.43. The van der Waals surface area contributed by atoms with Gasteiger partial charge >= 0.3 is 5.97 Å². The Kier molecular flexibility index (Phi) is 8.82. The third-order valence-corrected chi connectivity index (χ3v) is 10.1. The van der Waals surface area contributed by atoms with Gasteiger partial charge in [-0.2, -0.15) is 4.58 Å². The molecule has 0 amide bonds. The summed E-state index contributed by atoms with van der Waals surface area (Å²) in [6.07, 6.45) is 11.1. The zero-order chi connectivity index (χ0) is 34.2. The number of nitrogens with zero attached hydrogens (tertiary/aromatic N) is 3. The molecule has 0 fully saturated rings. The highest BCUT2D eigenvalue weighted by molar-refractivity contribution is 6.03. The summed E-state index contributed by atoms with van der Waals surface area (Å²) in [5, 5.41) is 11.2. The standard InChI is InChI=1S/C41H44N3O4/c1-7-42-34-18-11-9-16-32(34)40(3,4)36(42)26-22-28-14-13-15-29(38(28)48-39(45)30-20-24-31(25-21-30)44(46)47)23-27-37-41(5,6)33-17-10-12-19-35(33)43(37)8-2/h9-12,16-27H,7-8,13-15H2,1-6H3/q+1. The highest BCUT2D eigenvalue weighted by Crippen LogP contribution is 2.47. The zero-order valence-electron chi connectivity index (χ0n) is 28.7. The van der Waals surface area contributed by atoms with E-state index in [1.165, 1.54) is 58.2 Å². The van der Waals surface area contributed by atoms with Crippen LogP contribution in [0.4, 0.5) is 17.1 Å². The maximum atomic E-state index is 13.6. The fraction of sp³-hybridized carbons (Fsp3) is 0.317. The lowest BCUT2D eigenvalue weighted by Crippen LogP contribution is -2.27. The number of allylic oxidation sites excluding steroid dienone is 7. The normalized spacial score (nSPS) is 19.8. The van der Waals surface area contributed by atoms with E-state index < -0.39 is 10.9 Å². The Bertz CT molecular complexity index is 1940. The average Bonchev–Trinajstić information content (AvgIpc) is 3.45. The van der Waals surface area contributed by atoms with E-state index >= 15 is 0 Å². The van der Waals surface area contributed by atoms with Crippen molar-refractivity contribution in [2.45, 2.75) is 71.6 Å². The zero-order valence-corrected chi connectivity index (χ0v) is 28.7. The number of ether oxygens (including phenoxy) is 1. The Morgan fingerprint density at radius 3 is 2.27 bits per heavy atom. The number of esters is 1. The summed E-state index contributed by atoms with van der Waals surface area (Å²) in [6, 6.07) is 22.7. The van der Waals surface area contributed by atoms with Gasteiger partial charge in [-0.15, -0.1) is 0 Å². The lowest BCUT2D eigenvalue weighted by Gasteiger charge is -2.26. The summed E-state index contributed by atoms with van der Waals surface area (Å²) < 4.78 is 8.61. The molecule has 48 heavy (non-hydrogen) atoms. The lowest BCUT2D eigenvalue weighted by molar-refractivity contribution is -0.433. The molecule has 1 aliphatic carbocycles. The number of para-hydroxylation sites is 2. The summed E-state index contributed by atoms with van der Waals surface area (Å²) >= 11 is 0. The molecule has 0 saturated heterocycles. The molecule has 0 spiro atoms. The van der Waals surface area contributed by atoms with Crippen LogP contribution in [0.1, 0.15) is 82.3 Å². The first-order valence-corrected chi connectivity index (χ1v) is 16.9. The molecular weight excluding hydrogens is 598 g/mol. The maximum absolute atomic E-state index is 13.6. The summed E-state index contributed by atoms with van der Waals surface area (Å²) in [5.41, 5.74) is 9.15. The molecule has 3 aromatic rings. The van der Waals surface area contributed by atoms with Crippen LogP contribution >= 0.6 is 0 Å². The van der Waals surface area contributed by atoms with Crippen LogP contribution in [0.5, 0.6) is 0 Å². The van der Waals surface area contributed by atoms with E-state index in [0.29, 0.717) is 5.76 Å². The van der Waals surface area contributed by atoms with Gasteiger partial charge in [0.15, 0.2) is 5.71 Å². The number of carbonyl (C=O) groups is 1. The van der Waals surface area contributed by atoms with Crippen molar-refractivity contribution in [2.75, 3.05) is 18.0 Å². The summed E-state index contributed by atoms with van der Waals surface area (Å²) in [5.74, 6) is 0.0255. The minimum Gasteiger partial charge on any atom is -0.422 e. The molecule has 246 valence electrons. The van der Waals surface area contributed by atoms with Crippen molar-refractivity contribution in [2.24, 2.45) is 0 Å². The van der Waals surface area contributed by atoms with Gasteiger partial charge in [-0.25, -0.2) is 4.79 Å². The van der Waals surface area contributed by atoms with Crippen LogP contribution in [0, 0.1) is 10.1 Å². The number of hydrogen-bond donors (Lipinski definition) is 0. The van der Waals surface area contributed by atoms with E-state index in [4.69, 9.17) is 4.74 Å². The van der Waals surface area contributed by atoms with Gasteiger partial charge < -0.3 is 9.64 Å². The first kappa shape index (κ1) is 32.9. The number of carbonyl (C=O) groups excluding carboxylic acids is 1. The molecule has 0 atom stereocenters. The van der Waals surface area contributed by atoms with Crippen molar-refractivity contribution in [1.82, 2.24) is 0 Å². The smallest absolute Gasteiger partial charge is 0.343 e. The van der Waals surface area contributed by atoms with Crippen molar-refractivity contribution < 1.29 is 19.0 Å². The number of non-ortho nitro benzene ring substituents is 1. The fourth-order valence-corrected chi connectivity index (χ4v) is 7.54. The second-order valence-corrected chi connectivity index (χ2v) is 13.6. The number of anilines is 1. The molecule has 2 aliphatic heterocycles. The average molecular weight is 643 g/mol. The van der Waals surface area contributed by atoms with Crippen molar-refractivity contribution in [1.29, 1.82) is 0 Å². The molecule has 0 N–H and O–H groups in total. The number of fused-ring (bicyclic) bond motifs is 2. The van der Waals surface area contributed by atoms with Crippen molar-refractivity contribution in [3.63, 3.8) is 0 Å². The third-order valence-electron chi connectivity index (χ3n) is 10.1. The van der Waals surface area contributed by atoms with E-state index in [1.54, 1.807) is 0 Å². The molecular formula is C41H44N3O4+. The Morgan fingerprint density at radius 1 is 0.896 bits per heavy atom. The van der Waals surface area contributed by atoms with Gasteiger partial charge in [0.05, 0.1) is 15.9 Å². The quantitative estimate of drug-likeness (QED) is 0.106. The maximum Gasteiger partial charge on any atom is 0.343 e. The Hall–Kier alpha value is -5.04. The Labute approximate surface area is 283 Å². The minimum atomic E-state index is -0.536. The largest absolute Gasteiger partial charge is 0.422 e. The van der Waals surface area contributed by atoms with Crippen LogP contribution in [-0.4, -0.2) is 34.3 Å². The van der Waals surface area contributed by atoms with Crippen LogP contribution in [-0.2, 0) is 15.6 Å². The first-order chi connectivity index (χ1) is 23.0. The van der Waals surface area contributed by atoms with E-state index in [9.17, 15) is 14.9 Å². The van der Waals surface area contributed by atoms with Crippen molar-refractivity contribution >= 4 is 28.7 Å². The van der Waals surface area contributed by atoms with Gasteiger partial charge in [0.25, 0.3) is 5.69 Å². The van der Waals surface area contributed by atoms with Crippen LogP contribution < -0.4 is 4.90 Å². The molecule has 3 aromatic carbocycles. The molecule has 6 rings (SSSR count). The number of nitro benzene ring substituents is 1. The SMILES string of the molecule is CCN1/C(=C\C=C2\CCCC(/C=C/C3=[N+](CC)c4ccccc4C3(C)C)=C2OC(=O)c2ccc([N+](=O)[O-])cc2)C(C)(C)c2ccccc21. The highest BCUT2D eigenvalue weighted by Gasteiger charge is 2.43. The van der Waals surface area contributed by atoms with Crippen LogP contribution in [0.3, 0.4) is 0 Å². The molecule has 0 bridgehead atoms. The predicted octanol–water partition coefficient (Wildman–Crippen LogP) is 9.47. The molecule has 2 heterocycles. The van der Waals surface area contributed by atoms with Gasteiger partial charge in [-0.1, -0.05) is 56.3 Å². The van der Waals surface area contributed by atoms with Gasteiger partial charge in [0, 0.05) is 53.2 Å². The predicted molar refractivity (Wildman–Crippen MR) is 192 cm³/mol. The molecule has 3 aliphatic rings. The van der Waals surface area contributed by atoms with Crippen molar-refractivity contribution in [3.8, 4) is 0 Å². The lowest BCUT2D eigenvalue weighted by atomic mass is 9.81. The number of likely N-dealkylation sites (N-methyl/N-ethyl adjacent to an activating group) is 1. The fourth-order valence-electron chi connectivity index (χ4n) is 7.54. The van der Waals surface area contributed by atoms with Gasteiger partial charge in [0.1, 0.15) is 12.3 Å². The monoisotopic (exact) mass is 642 g/mol. The highest BCUT2D eigenvalue weighted by atomic mass is 16.6. The van der Waals surface area contributed by atoms with Crippen LogP contribution in [0.2, 0.25) is 0 Å². The number of rotatable bonds is 8. The topological polar surface area (TPSA) is 75.7 Å². The molecule has 7 nitrogen and oxygen atoms in total. The van der Waals surface area contributed by atoms with Gasteiger partial charge in [-0.05, 0) is 94.0 Å². The number of nitro groups is 1. The summed E-state index contributed by atoms with van der Waals surface area (Å²) in [7, 11) is 0. The second-order valence-electron chi connectivity index (χ2n) is 13.6. The van der Waals surface area contributed by atoms with Crippen LogP contribution in [0.25, 0.3) is 0 Å². The second kappa shape index (κ2) is 12.9. The van der Waals surface area contributed by atoms with Crippen LogP contribution in [0.15, 0.2) is 120 Å². The van der Waals surface area contributed by atoms with E-state index in [1.807, 2.05) is 0 Å². The molecule has 7 heteroatoms. The number of benzene rings is 3. The van der Waals surface area contributed by atoms with Gasteiger partial charge in [-0.3, -0.25) is 10.1 Å². The molecule has 0 unspecified atom stereocenters. The van der Waals surface area contributed by atoms with E-state index in [2.05, 4.69) is 124 Å². The molecule has 0 radical (unpaired) electrons. The molecule has 0 aromatic heterocycles. The summed E-state index contributed by atoms with van der Waals surface area (Å²) in [6.45, 7) is 15.0. The summed E-state index contributed by atoms with van der Waals surface area (Å²) in [4.78, 5) is 26.7. The van der Waals surface area contributed by atoms with Crippen molar-refractivity contribution in [3.05, 3.63) is 147 Å². The number of hydrogen-bond acceptors (Lipinski definition) is 5. The molecule has 0 saturated carbocycles. The third kappa shape index (κ3) is 5.72. The Morgan fingerprint density at radius 2 is 1.58 bits per heavy atom. The van der Waals surface area contributed by atoms with Gasteiger partial charge in [0.2, 0.25) is 5.69 Å². The van der Waals surface area contributed by atoms with E-state index in [0.717, 1.165) is 43.5 Å².